The molecule has 0 amide bonds. The number of fused-ring (bicyclic) bond motifs is 4. The molecule has 0 aliphatic carbocycles. The number of aryl methyl sites for hydroxylation is 1. The number of benzene rings is 2. The van der Waals surface area contributed by atoms with Gasteiger partial charge < -0.3 is 4.74 Å². The SMILES string of the molecule is CCCCn1cnc2c(c1=O)c1nc3ccccc3nc1n2-c1ccc(OCC)cc1. The maximum absolute atomic E-state index is 13.4. The normalized spacial score (nSPS) is 11.5. The molecule has 156 valence electrons. The third-order valence-corrected chi connectivity index (χ3v) is 5.39. The molecule has 0 saturated heterocycles. The number of para-hydroxylation sites is 2. The van der Waals surface area contributed by atoms with Crippen molar-refractivity contribution in [2.45, 2.75) is 33.2 Å². The molecule has 5 rings (SSSR count). The highest BCUT2D eigenvalue weighted by Gasteiger charge is 2.20. The van der Waals surface area contributed by atoms with E-state index in [0.717, 1.165) is 35.3 Å². The molecule has 0 fully saturated rings. The highest BCUT2D eigenvalue weighted by molar-refractivity contribution is 6.05. The number of hydrogen-bond donors (Lipinski definition) is 0. The lowest BCUT2D eigenvalue weighted by molar-refractivity contribution is 0.340. The largest absolute Gasteiger partial charge is 0.494 e. The van der Waals surface area contributed by atoms with Crippen LogP contribution in [-0.4, -0.2) is 30.7 Å². The molecule has 31 heavy (non-hydrogen) atoms. The van der Waals surface area contributed by atoms with Crippen LogP contribution in [0.5, 0.6) is 5.75 Å². The first-order chi connectivity index (χ1) is 15.2. The highest BCUT2D eigenvalue weighted by Crippen LogP contribution is 2.29. The van der Waals surface area contributed by atoms with Crippen LogP contribution < -0.4 is 10.3 Å². The van der Waals surface area contributed by atoms with E-state index in [1.165, 1.54) is 0 Å². The average Bonchev–Trinajstić information content (AvgIpc) is 3.12. The number of hydrogen-bond acceptors (Lipinski definition) is 5. The fourth-order valence-corrected chi connectivity index (χ4v) is 3.86. The monoisotopic (exact) mass is 413 g/mol. The smallest absolute Gasteiger partial charge is 0.265 e. The molecule has 0 aliphatic heterocycles. The maximum Gasteiger partial charge on any atom is 0.265 e. The van der Waals surface area contributed by atoms with Crippen molar-refractivity contribution in [2.75, 3.05) is 6.61 Å². The van der Waals surface area contributed by atoms with Gasteiger partial charge >= 0.3 is 0 Å². The standard InChI is InChI=1S/C24H23N5O2/c1-3-5-14-28-15-25-22-20(24(28)30)21-23(27-19-9-7-6-8-18(19)26-21)29(22)16-10-12-17(13-11-16)31-4-2/h6-13,15H,3-5,14H2,1-2H3. The Kier molecular flexibility index (Phi) is 4.86. The number of aromatic nitrogens is 5. The molecule has 0 radical (unpaired) electrons. The molecular weight excluding hydrogens is 390 g/mol. The topological polar surface area (TPSA) is 74.8 Å². The summed E-state index contributed by atoms with van der Waals surface area (Å²) in [5.74, 6) is 0.790. The number of ether oxygens (including phenoxy) is 1. The fraction of sp³-hybridized carbons (Fsp3) is 0.250. The van der Waals surface area contributed by atoms with Crippen LogP contribution in [0, 0.1) is 0 Å². The van der Waals surface area contributed by atoms with E-state index in [-0.39, 0.29) is 5.56 Å². The van der Waals surface area contributed by atoms with E-state index in [1.54, 1.807) is 10.9 Å². The minimum atomic E-state index is -0.0854. The molecule has 7 heteroatoms. The van der Waals surface area contributed by atoms with Gasteiger partial charge in [-0.15, -0.1) is 0 Å². The zero-order chi connectivity index (χ0) is 21.4. The van der Waals surface area contributed by atoms with Crippen molar-refractivity contribution in [3.05, 3.63) is 65.2 Å². The van der Waals surface area contributed by atoms with Crippen LogP contribution in [0.1, 0.15) is 26.7 Å². The lowest BCUT2D eigenvalue weighted by atomic mass is 10.3. The van der Waals surface area contributed by atoms with Gasteiger partial charge in [-0.2, -0.15) is 0 Å². The summed E-state index contributed by atoms with van der Waals surface area (Å²) < 4.78 is 9.16. The van der Waals surface area contributed by atoms with Gasteiger partial charge in [-0.25, -0.2) is 15.0 Å². The molecule has 7 nitrogen and oxygen atoms in total. The predicted octanol–water partition coefficient (Wildman–Crippen LogP) is 4.48. The Morgan fingerprint density at radius 2 is 1.68 bits per heavy atom. The average molecular weight is 413 g/mol. The van der Waals surface area contributed by atoms with E-state index in [0.29, 0.717) is 35.3 Å². The molecular formula is C24H23N5O2. The van der Waals surface area contributed by atoms with Gasteiger partial charge in [0.2, 0.25) is 0 Å². The molecule has 0 bridgehead atoms. The van der Waals surface area contributed by atoms with Gasteiger partial charge in [0.05, 0.1) is 24.0 Å². The van der Waals surface area contributed by atoms with Gasteiger partial charge in [-0.1, -0.05) is 25.5 Å². The lowest BCUT2D eigenvalue weighted by Crippen LogP contribution is -2.20. The molecule has 5 aromatic rings. The predicted molar refractivity (Wildman–Crippen MR) is 122 cm³/mol. The van der Waals surface area contributed by atoms with Gasteiger partial charge in [0, 0.05) is 12.2 Å². The van der Waals surface area contributed by atoms with Crippen molar-refractivity contribution in [1.29, 1.82) is 0 Å². The molecule has 0 spiro atoms. The van der Waals surface area contributed by atoms with E-state index in [2.05, 4.69) is 11.9 Å². The van der Waals surface area contributed by atoms with Crippen molar-refractivity contribution in [2.24, 2.45) is 0 Å². The van der Waals surface area contributed by atoms with Gasteiger partial charge in [-0.3, -0.25) is 13.9 Å². The Bertz CT molecular complexity index is 1450. The van der Waals surface area contributed by atoms with Gasteiger partial charge in [-0.05, 0) is 49.7 Å². The fourth-order valence-electron chi connectivity index (χ4n) is 3.86. The van der Waals surface area contributed by atoms with Crippen LogP contribution in [0.25, 0.3) is 38.9 Å². The van der Waals surface area contributed by atoms with Crippen molar-refractivity contribution in [1.82, 2.24) is 24.1 Å². The Hall–Kier alpha value is -3.74. The molecule has 0 atom stereocenters. The molecule has 0 N–H and O–H groups in total. The van der Waals surface area contributed by atoms with E-state index in [1.807, 2.05) is 60.0 Å². The first-order valence-corrected chi connectivity index (χ1v) is 10.6. The second-order valence-corrected chi connectivity index (χ2v) is 7.44. The van der Waals surface area contributed by atoms with E-state index >= 15 is 0 Å². The summed E-state index contributed by atoms with van der Waals surface area (Å²) in [7, 11) is 0. The summed E-state index contributed by atoms with van der Waals surface area (Å²) in [5, 5.41) is 0.501. The Morgan fingerprint density at radius 3 is 2.39 bits per heavy atom. The van der Waals surface area contributed by atoms with Crippen molar-refractivity contribution < 1.29 is 4.74 Å². The van der Waals surface area contributed by atoms with Crippen LogP contribution >= 0.6 is 0 Å². The van der Waals surface area contributed by atoms with Gasteiger partial charge in [0.1, 0.15) is 16.7 Å². The zero-order valence-electron chi connectivity index (χ0n) is 17.6. The quantitative estimate of drug-likeness (QED) is 0.410. The summed E-state index contributed by atoms with van der Waals surface area (Å²) in [6, 6.07) is 15.4. The summed E-state index contributed by atoms with van der Waals surface area (Å²) in [5.41, 5.74) is 4.05. The molecule has 3 aromatic heterocycles. The molecule has 0 saturated carbocycles. The van der Waals surface area contributed by atoms with E-state index in [4.69, 9.17) is 14.7 Å². The minimum absolute atomic E-state index is 0.0854. The highest BCUT2D eigenvalue weighted by atomic mass is 16.5. The van der Waals surface area contributed by atoms with Crippen LogP contribution in [-0.2, 0) is 6.54 Å². The van der Waals surface area contributed by atoms with Gasteiger partial charge in [0.25, 0.3) is 5.56 Å². The molecule has 2 aromatic carbocycles. The van der Waals surface area contributed by atoms with E-state index < -0.39 is 0 Å². The Morgan fingerprint density at radius 1 is 0.935 bits per heavy atom. The van der Waals surface area contributed by atoms with Crippen LogP contribution in [0.15, 0.2) is 59.7 Å². The second kappa shape index (κ2) is 7.83. The summed E-state index contributed by atoms with van der Waals surface area (Å²) in [6.45, 7) is 5.29. The first-order valence-electron chi connectivity index (χ1n) is 10.6. The van der Waals surface area contributed by atoms with Crippen LogP contribution in [0.4, 0.5) is 0 Å². The van der Waals surface area contributed by atoms with E-state index in [9.17, 15) is 4.79 Å². The van der Waals surface area contributed by atoms with Crippen molar-refractivity contribution in [3.8, 4) is 11.4 Å². The van der Waals surface area contributed by atoms with Gasteiger partial charge in [0.15, 0.2) is 11.3 Å². The van der Waals surface area contributed by atoms with Crippen molar-refractivity contribution in [3.63, 3.8) is 0 Å². The Balaban J connectivity index is 1.84. The van der Waals surface area contributed by atoms with Crippen LogP contribution in [0.3, 0.4) is 0 Å². The molecule has 0 aliphatic rings. The molecule has 0 unspecified atom stereocenters. The lowest BCUT2D eigenvalue weighted by Gasteiger charge is -2.09. The summed E-state index contributed by atoms with van der Waals surface area (Å²) >= 11 is 0. The van der Waals surface area contributed by atoms with Crippen molar-refractivity contribution >= 4 is 33.2 Å². The second-order valence-electron chi connectivity index (χ2n) is 7.44. The van der Waals surface area contributed by atoms with Crippen LogP contribution in [0.2, 0.25) is 0 Å². The summed E-state index contributed by atoms with van der Waals surface area (Å²) in [6.07, 6.45) is 3.55. The zero-order valence-corrected chi connectivity index (χ0v) is 17.6. The number of rotatable bonds is 6. The first kappa shape index (κ1) is 19.2. The number of unbranched alkanes of at least 4 members (excludes halogenated alkanes) is 1. The summed E-state index contributed by atoms with van der Waals surface area (Å²) in [4.78, 5) is 27.7. The Labute approximate surface area is 179 Å². The third-order valence-electron chi connectivity index (χ3n) is 5.39. The third kappa shape index (κ3) is 3.22. The minimum Gasteiger partial charge on any atom is -0.494 e. The molecule has 3 heterocycles. The number of nitrogens with zero attached hydrogens (tertiary/aromatic N) is 5. The maximum atomic E-state index is 13.4.